The second-order valence-corrected chi connectivity index (χ2v) is 6.54. The molecule has 3 unspecified atom stereocenters. The summed E-state index contributed by atoms with van der Waals surface area (Å²) in [5.41, 5.74) is 0.206. The molecule has 3 rings (SSSR count). The quantitative estimate of drug-likeness (QED) is 0.861. The molecule has 1 saturated heterocycles. The van der Waals surface area contributed by atoms with Gasteiger partial charge in [-0.05, 0) is 49.4 Å². The van der Waals surface area contributed by atoms with Crippen molar-refractivity contribution in [3.63, 3.8) is 0 Å². The highest BCUT2D eigenvalue weighted by atomic mass is 79.9. The standard InChI is InChI=1S/C15H17BrFNO/c16-10-4-5-13(17)12(6-10)15(19)7-14-11-3-1-2-9(11)8-18-14/h4-6,9,11,14,18H,1-3,7-8H2. The summed E-state index contributed by atoms with van der Waals surface area (Å²) in [6.07, 6.45) is 4.16. The Morgan fingerprint density at radius 3 is 3.11 bits per heavy atom. The van der Waals surface area contributed by atoms with Crippen LogP contribution in [0.25, 0.3) is 0 Å². The molecule has 1 heterocycles. The first-order valence-electron chi connectivity index (χ1n) is 6.87. The van der Waals surface area contributed by atoms with Crippen molar-refractivity contribution in [2.24, 2.45) is 11.8 Å². The minimum absolute atomic E-state index is 0.0937. The Labute approximate surface area is 120 Å². The first-order chi connectivity index (χ1) is 9.15. The summed E-state index contributed by atoms with van der Waals surface area (Å²) in [4.78, 5) is 12.3. The van der Waals surface area contributed by atoms with Gasteiger partial charge in [0.2, 0.25) is 0 Å². The predicted octanol–water partition coefficient (Wildman–Crippen LogP) is 3.55. The Bertz CT molecular complexity index is 505. The molecule has 0 radical (unpaired) electrons. The van der Waals surface area contributed by atoms with E-state index >= 15 is 0 Å². The van der Waals surface area contributed by atoms with Crippen LogP contribution in [0.2, 0.25) is 0 Å². The fourth-order valence-electron chi connectivity index (χ4n) is 3.55. The van der Waals surface area contributed by atoms with Crippen LogP contribution in [-0.2, 0) is 0 Å². The third-order valence-electron chi connectivity index (χ3n) is 4.51. The third kappa shape index (κ3) is 2.61. The molecule has 4 heteroatoms. The molecule has 0 amide bonds. The highest BCUT2D eigenvalue weighted by Gasteiger charge is 2.39. The Kier molecular flexibility index (Phi) is 3.72. The van der Waals surface area contributed by atoms with Crippen molar-refractivity contribution >= 4 is 21.7 Å². The fourth-order valence-corrected chi connectivity index (χ4v) is 3.91. The minimum Gasteiger partial charge on any atom is -0.313 e. The molecule has 2 nitrogen and oxygen atoms in total. The van der Waals surface area contributed by atoms with Gasteiger partial charge in [0.15, 0.2) is 5.78 Å². The molecule has 1 aromatic rings. The zero-order chi connectivity index (χ0) is 13.4. The summed E-state index contributed by atoms with van der Waals surface area (Å²) in [5.74, 6) is 0.822. The first kappa shape index (κ1) is 13.3. The van der Waals surface area contributed by atoms with E-state index in [2.05, 4.69) is 21.2 Å². The lowest BCUT2D eigenvalue weighted by Crippen LogP contribution is -2.29. The summed E-state index contributed by atoms with van der Waals surface area (Å²) in [6, 6.07) is 4.78. The van der Waals surface area contributed by atoms with Crippen molar-refractivity contribution in [3.8, 4) is 0 Å². The number of Topliss-reactive ketones (excluding diaryl/α,β-unsaturated/α-hetero) is 1. The molecule has 19 heavy (non-hydrogen) atoms. The first-order valence-corrected chi connectivity index (χ1v) is 7.66. The van der Waals surface area contributed by atoms with Gasteiger partial charge < -0.3 is 5.32 Å². The molecule has 3 atom stereocenters. The van der Waals surface area contributed by atoms with Gasteiger partial charge in [-0.25, -0.2) is 4.39 Å². The Morgan fingerprint density at radius 2 is 2.26 bits per heavy atom. The normalized spacial score (nSPS) is 29.5. The van der Waals surface area contributed by atoms with E-state index in [4.69, 9.17) is 0 Å². The van der Waals surface area contributed by atoms with Gasteiger partial charge in [-0.3, -0.25) is 4.79 Å². The lowest BCUT2D eigenvalue weighted by molar-refractivity contribution is 0.0959. The lowest BCUT2D eigenvalue weighted by atomic mass is 9.90. The van der Waals surface area contributed by atoms with Gasteiger partial charge in [0.25, 0.3) is 0 Å². The molecule has 0 spiro atoms. The third-order valence-corrected chi connectivity index (χ3v) is 5.00. The van der Waals surface area contributed by atoms with Crippen molar-refractivity contribution in [1.29, 1.82) is 0 Å². The summed E-state index contributed by atoms with van der Waals surface area (Å²) < 4.78 is 14.4. The number of hydrogen-bond acceptors (Lipinski definition) is 2. The largest absolute Gasteiger partial charge is 0.313 e. The van der Waals surface area contributed by atoms with Crippen molar-refractivity contribution < 1.29 is 9.18 Å². The highest BCUT2D eigenvalue weighted by Crippen LogP contribution is 2.39. The van der Waals surface area contributed by atoms with Gasteiger partial charge in [0.05, 0.1) is 5.56 Å². The number of hydrogen-bond donors (Lipinski definition) is 1. The topological polar surface area (TPSA) is 29.1 Å². The smallest absolute Gasteiger partial charge is 0.167 e. The maximum atomic E-state index is 13.7. The average Bonchev–Trinajstić information content (AvgIpc) is 2.97. The molecular weight excluding hydrogens is 309 g/mol. The summed E-state index contributed by atoms with van der Waals surface area (Å²) in [6.45, 7) is 1.02. The average molecular weight is 326 g/mol. The molecule has 1 saturated carbocycles. The second-order valence-electron chi connectivity index (χ2n) is 5.62. The molecule has 2 aliphatic rings. The maximum Gasteiger partial charge on any atom is 0.167 e. The molecule has 2 fully saturated rings. The van der Waals surface area contributed by atoms with Crippen LogP contribution >= 0.6 is 15.9 Å². The monoisotopic (exact) mass is 325 g/mol. The lowest BCUT2D eigenvalue weighted by Gasteiger charge is -2.17. The van der Waals surface area contributed by atoms with Gasteiger partial charge >= 0.3 is 0 Å². The fraction of sp³-hybridized carbons (Fsp3) is 0.533. The van der Waals surface area contributed by atoms with E-state index in [9.17, 15) is 9.18 Å². The van der Waals surface area contributed by atoms with E-state index in [0.29, 0.717) is 12.3 Å². The summed E-state index contributed by atoms with van der Waals surface area (Å²) in [5, 5.41) is 3.44. The molecule has 1 aliphatic heterocycles. The number of ketones is 1. The Balaban J connectivity index is 1.73. The van der Waals surface area contributed by atoms with Crippen molar-refractivity contribution in [2.75, 3.05) is 6.54 Å². The van der Waals surface area contributed by atoms with Crippen molar-refractivity contribution in [3.05, 3.63) is 34.1 Å². The minimum atomic E-state index is -0.422. The van der Waals surface area contributed by atoms with Crippen molar-refractivity contribution in [2.45, 2.75) is 31.7 Å². The van der Waals surface area contributed by atoms with E-state index in [1.54, 1.807) is 12.1 Å². The van der Waals surface area contributed by atoms with E-state index in [1.165, 1.54) is 25.3 Å². The van der Waals surface area contributed by atoms with Crippen LogP contribution < -0.4 is 5.32 Å². The number of carbonyl (C=O) groups is 1. The van der Waals surface area contributed by atoms with Crippen LogP contribution in [-0.4, -0.2) is 18.4 Å². The van der Waals surface area contributed by atoms with E-state index < -0.39 is 5.82 Å². The number of rotatable bonds is 3. The summed E-state index contributed by atoms with van der Waals surface area (Å²) in [7, 11) is 0. The van der Waals surface area contributed by atoms with E-state index in [0.717, 1.165) is 16.9 Å². The van der Waals surface area contributed by atoms with Crippen LogP contribution in [0.5, 0.6) is 0 Å². The number of nitrogens with one attached hydrogen (secondary N) is 1. The zero-order valence-corrected chi connectivity index (χ0v) is 12.2. The van der Waals surface area contributed by atoms with Crippen LogP contribution in [0.3, 0.4) is 0 Å². The number of carbonyl (C=O) groups excluding carboxylic acids is 1. The van der Waals surface area contributed by atoms with Gasteiger partial charge in [-0.2, -0.15) is 0 Å². The highest BCUT2D eigenvalue weighted by molar-refractivity contribution is 9.10. The van der Waals surface area contributed by atoms with Crippen LogP contribution in [0.4, 0.5) is 4.39 Å². The Hall–Kier alpha value is -0.740. The van der Waals surface area contributed by atoms with Crippen LogP contribution in [0.15, 0.2) is 22.7 Å². The molecule has 0 bridgehead atoms. The molecule has 1 N–H and O–H groups in total. The number of halogens is 2. The van der Waals surface area contributed by atoms with Crippen molar-refractivity contribution in [1.82, 2.24) is 5.32 Å². The number of fused-ring (bicyclic) bond motifs is 1. The van der Waals surface area contributed by atoms with E-state index in [-0.39, 0.29) is 17.4 Å². The van der Waals surface area contributed by atoms with Gasteiger partial charge in [-0.1, -0.05) is 22.4 Å². The molecule has 1 aromatic carbocycles. The van der Waals surface area contributed by atoms with Gasteiger partial charge in [0, 0.05) is 16.9 Å². The molecule has 1 aliphatic carbocycles. The molecular formula is C15H17BrFNO. The van der Waals surface area contributed by atoms with Gasteiger partial charge in [0.1, 0.15) is 5.82 Å². The molecule has 0 aromatic heterocycles. The predicted molar refractivity (Wildman–Crippen MR) is 75.7 cm³/mol. The second kappa shape index (κ2) is 5.33. The van der Waals surface area contributed by atoms with Gasteiger partial charge in [-0.15, -0.1) is 0 Å². The summed E-state index contributed by atoms with van der Waals surface area (Å²) >= 11 is 3.29. The maximum absolute atomic E-state index is 13.7. The zero-order valence-electron chi connectivity index (χ0n) is 10.7. The van der Waals surface area contributed by atoms with Crippen LogP contribution in [0.1, 0.15) is 36.0 Å². The van der Waals surface area contributed by atoms with E-state index in [1.807, 2.05) is 0 Å². The van der Waals surface area contributed by atoms with Crippen LogP contribution in [0, 0.1) is 17.7 Å². The SMILES string of the molecule is O=C(CC1NCC2CCCC21)c1cc(Br)ccc1F. The Morgan fingerprint density at radius 1 is 1.42 bits per heavy atom. The number of benzene rings is 1. The molecule has 102 valence electrons.